The zero-order valence-electron chi connectivity index (χ0n) is 11.7. The van der Waals surface area contributed by atoms with E-state index in [1.54, 1.807) is 14.2 Å². The summed E-state index contributed by atoms with van der Waals surface area (Å²) in [5.41, 5.74) is 5.51. The van der Waals surface area contributed by atoms with E-state index in [0.29, 0.717) is 6.54 Å². The van der Waals surface area contributed by atoms with Crippen LogP contribution in [0.3, 0.4) is 0 Å². The minimum atomic E-state index is -2.41. The molecule has 0 aliphatic carbocycles. The summed E-state index contributed by atoms with van der Waals surface area (Å²) in [6.45, 7) is 3.61. The van der Waals surface area contributed by atoms with Crippen LogP contribution in [0.5, 0.6) is 0 Å². The van der Waals surface area contributed by atoms with Crippen LogP contribution in [0.1, 0.15) is 45.4 Å². The summed E-state index contributed by atoms with van der Waals surface area (Å²) < 4.78 is 16.8. The van der Waals surface area contributed by atoms with Crippen LogP contribution in [0.15, 0.2) is 0 Å². The molecule has 4 nitrogen and oxygen atoms in total. The van der Waals surface area contributed by atoms with E-state index >= 15 is 0 Å². The van der Waals surface area contributed by atoms with Gasteiger partial charge in [-0.15, -0.1) is 0 Å². The SMILES string of the molecule is CCCCCCCO[Si](CCCN)(OC)OC. The Hall–Kier alpha value is 0.0569. The summed E-state index contributed by atoms with van der Waals surface area (Å²) in [4.78, 5) is 0. The van der Waals surface area contributed by atoms with Crippen LogP contribution in [-0.4, -0.2) is 36.2 Å². The first-order valence-electron chi connectivity index (χ1n) is 6.69. The summed E-state index contributed by atoms with van der Waals surface area (Å²) >= 11 is 0. The predicted molar refractivity (Wildman–Crippen MR) is 73.0 cm³/mol. The largest absolute Gasteiger partial charge is 0.500 e. The van der Waals surface area contributed by atoms with Gasteiger partial charge in [0.1, 0.15) is 0 Å². The first-order chi connectivity index (χ1) is 8.24. The summed E-state index contributed by atoms with van der Waals surface area (Å²) in [6, 6.07) is 0.811. The lowest BCUT2D eigenvalue weighted by atomic mass is 10.2. The van der Waals surface area contributed by atoms with E-state index in [2.05, 4.69) is 6.92 Å². The van der Waals surface area contributed by atoms with Crippen molar-refractivity contribution in [1.29, 1.82) is 0 Å². The average molecular weight is 263 g/mol. The summed E-state index contributed by atoms with van der Waals surface area (Å²) in [5, 5.41) is 0. The Labute approximate surface area is 107 Å². The quantitative estimate of drug-likeness (QED) is 0.434. The van der Waals surface area contributed by atoms with Gasteiger partial charge in [-0.05, 0) is 19.4 Å². The minimum absolute atomic E-state index is 0.654. The highest BCUT2D eigenvalue weighted by atomic mass is 28.4. The van der Waals surface area contributed by atoms with Crippen LogP contribution < -0.4 is 5.73 Å². The second-order valence-corrected chi connectivity index (χ2v) is 7.22. The van der Waals surface area contributed by atoms with E-state index in [0.717, 1.165) is 25.5 Å². The van der Waals surface area contributed by atoms with E-state index in [4.69, 9.17) is 19.0 Å². The zero-order valence-corrected chi connectivity index (χ0v) is 12.7. The predicted octanol–water partition coefficient (Wildman–Crippen LogP) is 2.55. The van der Waals surface area contributed by atoms with Crippen molar-refractivity contribution in [2.75, 3.05) is 27.4 Å². The van der Waals surface area contributed by atoms with Gasteiger partial charge < -0.3 is 19.0 Å². The fourth-order valence-electron chi connectivity index (χ4n) is 1.73. The monoisotopic (exact) mass is 263 g/mol. The van der Waals surface area contributed by atoms with Crippen molar-refractivity contribution in [1.82, 2.24) is 0 Å². The van der Waals surface area contributed by atoms with Crippen molar-refractivity contribution in [2.45, 2.75) is 51.5 Å². The Morgan fingerprint density at radius 1 is 0.941 bits per heavy atom. The highest BCUT2D eigenvalue weighted by Gasteiger charge is 2.37. The molecule has 0 saturated carbocycles. The average Bonchev–Trinajstić information content (AvgIpc) is 2.38. The molecule has 0 heterocycles. The molecule has 17 heavy (non-hydrogen) atoms. The molecule has 0 aliphatic heterocycles. The molecule has 104 valence electrons. The molecule has 0 aliphatic rings. The topological polar surface area (TPSA) is 53.7 Å². The number of hydrogen-bond acceptors (Lipinski definition) is 4. The first kappa shape index (κ1) is 17.1. The maximum absolute atomic E-state index is 5.85. The molecule has 0 atom stereocenters. The standard InChI is InChI=1S/C12H29NO3Si/c1-4-5-6-7-8-11-16-17(14-2,15-3)12-9-10-13/h4-13H2,1-3H3. The Morgan fingerprint density at radius 3 is 2.12 bits per heavy atom. The van der Waals surface area contributed by atoms with E-state index < -0.39 is 8.80 Å². The highest BCUT2D eigenvalue weighted by molar-refractivity contribution is 6.60. The lowest BCUT2D eigenvalue weighted by Crippen LogP contribution is -2.44. The van der Waals surface area contributed by atoms with Crippen LogP contribution in [-0.2, 0) is 13.3 Å². The molecule has 0 rings (SSSR count). The van der Waals surface area contributed by atoms with Gasteiger partial charge in [-0.1, -0.05) is 32.6 Å². The molecule has 0 fully saturated rings. The molecule has 0 radical (unpaired) electrons. The summed E-state index contributed by atoms with van der Waals surface area (Å²) in [6.07, 6.45) is 7.07. The lowest BCUT2D eigenvalue weighted by Gasteiger charge is -2.26. The number of nitrogens with two attached hydrogens (primary N) is 1. The van der Waals surface area contributed by atoms with Gasteiger partial charge in [0.2, 0.25) is 0 Å². The van der Waals surface area contributed by atoms with E-state index in [1.807, 2.05) is 0 Å². The van der Waals surface area contributed by atoms with Crippen molar-refractivity contribution in [3.63, 3.8) is 0 Å². The van der Waals surface area contributed by atoms with E-state index in [1.165, 1.54) is 25.7 Å². The van der Waals surface area contributed by atoms with Crippen molar-refractivity contribution in [2.24, 2.45) is 5.73 Å². The Bertz CT molecular complexity index is 166. The second kappa shape index (κ2) is 11.2. The number of rotatable bonds is 12. The lowest BCUT2D eigenvalue weighted by molar-refractivity contribution is 0.0959. The van der Waals surface area contributed by atoms with Crippen LogP contribution in [0, 0.1) is 0 Å². The molecule has 0 unspecified atom stereocenters. The van der Waals surface area contributed by atoms with Crippen molar-refractivity contribution >= 4 is 8.80 Å². The molecule has 0 aromatic heterocycles. The third-order valence-electron chi connectivity index (χ3n) is 2.88. The van der Waals surface area contributed by atoms with Crippen molar-refractivity contribution in [3.8, 4) is 0 Å². The first-order valence-corrected chi connectivity index (χ1v) is 8.62. The normalized spacial score (nSPS) is 12.0. The molecule has 2 N–H and O–H groups in total. The van der Waals surface area contributed by atoms with Crippen molar-refractivity contribution < 1.29 is 13.3 Å². The van der Waals surface area contributed by atoms with Crippen LogP contribution in [0.2, 0.25) is 6.04 Å². The zero-order chi connectivity index (χ0) is 13.0. The summed E-state index contributed by atoms with van der Waals surface area (Å²) in [7, 11) is 0.927. The van der Waals surface area contributed by atoms with Crippen LogP contribution in [0.4, 0.5) is 0 Å². The molecule has 0 amide bonds. The number of hydrogen-bond donors (Lipinski definition) is 1. The molecule has 0 saturated heterocycles. The molecular formula is C12H29NO3Si. The third-order valence-corrected chi connectivity index (χ3v) is 5.73. The maximum Gasteiger partial charge on any atom is 0.500 e. The fourth-order valence-corrected chi connectivity index (χ4v) is 3.78. The molecule has 0 aromatic carbocycles. The van der Waals surface area contributed by atoms with Gasteiger partial charge in [-0.25, -0.2) is 0 Å². The molecule has 0 aromatic rings. The molecule has 0 bridgehead atoms. The third kappa shape index (κ3) is 7.89. The van der Waals surface area contributed by atoms with Gasteiger partial charge >= 0.3 is 8.80 Å². The van der Waals surface area contributed by atoms with Gasteiger partial charge in [0.15, 0.2) is 0 Å². The summed E-state index contributed by atoms with van der Waals surface area (Å²) in [5.74, 6) is 0. The van der Waals surface area contributed by atoms with Gasteiger partial charge in [-0.2, -0.15) is 0 Å². The smallest absolute Gasteiger partial charge is 0.377 e. The van der Waals surface area contributed by atoms with E-state index in [-0.39, 0.29) is 0 Å². The molecule has 0 spiro atoms. The maximum atomic E-state index is 5.85. The van der Waals surface area contributed by atoms with Crippen LogP contribution >= 0.6 is 0 Å². The fraction of sp³-hybridized carbons (Fsp3) is 1.00. The van der Waals surface area contributed by atoms with Gasteiger partial charge in [0, 0.05) is 26.9 Å². The number of unbranched alkanes of at least 4 members (excludes halogenated alkanes) is 4. The van der Waals surface area contributed by atoms with Gasteiger partial charge in [-0.3, -0.25) is 0 Å². The second-order valence-electron chi connectivity index (χ2n) is 4.25. The Morgan fingerprint density at radius 2 is 1.59 bits per heavy atom. The highest BCUT2D eigenvalue weighted by Crippen LogP contribution is 2.16. The van der Waals surface area contributed by atoms with Gasteiger partial charge in [0.25, 0.3) is 0 Å². The minimum Gasteiger partial charge on any atom is -0.377 e. The molecule has 5 heteroatoms. The van der Waals surface area contributed by atoms with Gasteiger partial charge in [0.05, 0.1) is 0 Å². The van der Waals surface area contributed by atoms with Crippen LogP contribution in [0.25, 0.3) is 0 Å². The van der Waals surface area contributed by atoms with Crippen molar-refractivity contribution in [3.05, 3.63) is 0 Å². The van der Waals surface area contributed by atoms with E-state index in [9.17, 15) is 0 Å². The Kier molecular flexibility index (Phi) is 11.2. The Balaban J connectivity index is 3.75. The molecular weight excluding hydrogens is 234 g/mol.